The van der Waals surface area contributed by atoms with E-state index in [2.05, 4.69) is 5.32 Å². The van der Waals surface area contributed by atoms with Gasteiger partial charge in [-0.3, -0.25) is 14.5 Å². The van der Waals surface area contributed by atoms with Crippen LogP contribution in [0.3, 0.4) is 0 Å². The molecule has 1 aromatic carbocycles. The molecule has 1 saturated heterocycles. The number of rotatable bonds is 5. The van der Waals surface area contributed by atoms with Gasteiger partial charge in [0.2, 0.25) is 5.91 Å². The number of nitrogens with one attached hydrogen (secondary N) is 1. The third-order valence-corrected chi connectivity index (χ3v) is 3.65. The summed E-state index contributed by atoms with van der Waals surface area (Å²) in [5.74, 6) is 0.515. The normalized spacial score (nSPS) is 20.1. The summed E-state index contributed by atoms with van der Waals surface area (Å²) in [6.45, 7) is 3.86. The first-order chi connectivity index (χ1) is 9.56. The van der Waals surface area contributed by atoms with E-state index in [-0.39, 0.29) is 24.3 Å². The molecule has 0 aromatic heterocycles. The number of nitrogens with zero attached hydrogens (tertiary/aromatic N) is 1. The number of amides is 2. The second kappa shape index (κ2) is 5.94. The molecule has 108 valence electrons. The van der Waals surface area contributed by atoms with Crippen LogP contribution >= 0.6 is 0 Å². The van der Waals surface area contributed by atoms with Crippen molar-refractivity contribution in [3.63, 3.8) is 0 Å². The Morgan fingerprint density at radius 2 is 2.00 bits per heavy atom. The van der Waals surface area contributed by atoms with Gasteiger partial charge in [-0.25, -0.2) is 0 Å². The van der Waals surface area contributed by atoms with Crippen LogP contribution in [0.5, 0.6) is 5.75 Å². The molecule has 1 aliphatic rings. The molecule has 2 amide bonds. The van der Waals surface area contributed by atoms with Crippen molar-refractivity contribution in [1.29, 1.82) is 0 Å². The number of anilines is 1. The molecule has 2 rings (SSSR count). The maximum atomic E-state index is 12.3. The van der Waals surface area contributed by atoms with Gasteiger partial charge in [0.1, 0.15) is 11.8 Å². The second-order valence-electron chi connectivity index (χ2n) is 4.99. The van der Waals surface area contributed by atoms with Crippen molar-refractivity contribution in [2.75, 3.05) is 12.4 Å². The Bertz CT molecular complexity index is 498. The molecule has 2 unspecified atom stereocenters. The van der Waals surface area contributed by atoms with Crippen LogP contribution in [0.15, 0.2) is 24.3 Å². The summed E-state index contributed by atoms with van der Waals surface area (Å²) in [6, 6.07) is 6.79. The molecule has 0 aliphatic carbocycles. The van der Waals surface area contributed by atoms with Crippen molar-refractivity contribution in [3.8, 4) is 5.75 Å². The van der Waals surface area contributed by atoms with Crippen molar-refractivity contribution >= 4 is 17.5 Å². The third kappa shape index (κ3) is 2.76. The maximum absolute atomic E-state index is 12.3. The van der Waals surface area contributed by atoms with Crippen molar-refractivity contribution in [3.05, 3.63) is 24.3 Å². The van der Waals surface area contributed by atoms with Crippen LogP contribution < -0.4 is 10.1 Å². The predicted octanol–water partition coefficient (Wildman–Crippen LogP) is 2.03. The minimum atomic E-state index is -0.468. The molecule has 1 fully saturated rings. The van der Waals surface area contributed by atoms with Crippen LogP contribution in [-0.4, -0.2) is 35.9 Å². The molecule has 5 heteroatoms. The summed E-state index contributed by atoms with van der Waals surface area (Å²) < 4.78 is 5.08. The van der Waals surface area contributed by atoms with E-state index in [0.29, 0.717) is 0 Å². The van der Waals surface area contributed by atoms with E-state index in [9.17, 15) is 9.59 Å². The van der Waals surface area contributed by atoms with Gasteiger partial charge in [-0.2, -0.15) is 0 Å². The maximum Gasteiger partial charge on any atom is 0.252 e. The minimum Gasteiger partial charge on any atom is -0.497 e. The summed E-state index contributed by atoms with van der Waals surface area (Å²) in [5, 5.41) is 3.11. The molecular formula is C15H20N2O3. The molecular weight excluding hydrogens is 256 g/mol. The highest BCUT2D eigenvalue weighted by atomic mass is 16.5. The van der Waals surface area contributed by atoms with Gasteiger partial charge in [0, 0.05) is 11.7 Å². The zero-order valence-electron chi connectivity index (χ0n) is 12.1. The van der Waals surface area contributed by atoms with E-state index in [0.717, 1.165) is 17.9 Å². The first-order valence-corrected chi connectivity index (χ1v) is 6.83. The number of benzene rings is 1. The summed E-state index contributed by atoms with van der Waals surface area (Å²) >= 11 is 0. The largest absolute Gasteiger partial charge is 0.497 e. The quantitative estimate of drug-likeness (QED) is 0.836. The van der Waals surface area contributed by atoms with Gasteiger partial charge in [0.15, 0.2) is 0 Å². The van der Waals surface area contributed by atoms with Crippen LogP contribution in [0.2, 0.25) is 0 Å². The Hall–Kier alpha value is -2.04. The number of carbonyl (C=O) groups is 2. The molecule has 5 nitrogen and oxygen atoms in total. The van der Waals surface area contributed by atoms with Gasteiger partial charge in [-0.15, -0.1) is 0 Å². The summed E-state index contributed by atoms with van der Waals surface area (Å²) in [4.78, 5) is 25.6. The molecule has 1 aromatic rings. The van der Waals surface area contributed by atoms with Crippen LogP contribution in [0.1, 0.15) is 26.7 Å². The first-order valence-electron chi connectivity index (χ1n) is 6.83. The Balaban J connectivity index is 2.07. The monoisotopic (exact) mass is 276 g/mol. The molecule has 1 aliphatic heterocycles. The van der Waals surface area contributed by atoms with Gasteiger partial charge in [-0.05, 0) is 37.6 Å². The molecule has 1 heterocycles. The van der Waals surface area contributed by atoms with Gasteiger partial charge >= 0.3 is 0 Å². The standard InChI is InChI=1S/C15H20N2O3/c1-4-10(2)17-14(18)9-13(15(17)19)16-11-5-7-12(20-3)8-6-11/h5-8,10,13,16H,4,9H2,1-3H3. The fraction of sp³-hybridized carbons (Fsp3) is 0.467. The zero-order valence-corrected chi connectivity index (χ0v) is 12.1. The van der Waals surface area contributed by atoms with Crippen LogP contribution in [0.4, 0.5) is 5.69 Å². The molecule has 0 radical (unpaired) electrons. The van der Waals surface area contributed by atoms with Crippen molar-refractivity contribution < 1.29 is 14.3 Å². The average Bonchev–Trinajstić information content (AvgIpc) is 2.73. The van der Waals surface area contributed by atoms with Crippen molar-refractivity contribution in [1.82, 2.24) is 4.90 Å². The Morgan fingerprint density at radius 3 is 2.55 bits per heavy atom. The van der Waals surface area contributed by atoms with Crippen LogP contribution in [-0.2, 0) is 9.59 Å². The van der Waals surface area contributed by atoms with E-state index in [4.69, 9.17) is 4.74 Å². The fourth-order valence-corrected chi connectivity index (χ4v) is 2.30. The number of hydrogen-bond donors (Lipinski definition) is 1. The summed E-state index contributed by atoms with van der Waals surface area (Å²) in [7, 11) is 1.60. The molecule has 20 heavy (non-hydrogen) atoms. The van der Waals surface area contributed by atoms with E-state index < -0.39 is 6.04 Å². The lowest BCUT2D eigenvalue weighted by molar-refractivity contribution is -0.140. The lowest BCUT2D eigenvalue weighted by atomic mass is 10.2. The number of likely N-dealkylation sites (tertiary alicyclic amines) is 1. The lowest BCUT2D eigenvalue weighted by Crippen LogP contribution is -2.40. The average molecular weight is 276 g/mol. The van der Waals surface area contributed by atoms with E-state index in [1.54, 1.807) is 7.11 Å². The number of imide groups is 1. The van der Waals surface area contributed by atoms with Crippen LogP contribution in [0.25, 0.3) is 0 Å². The molecule has 0 saturated carbocycles. The minimum absolute atomic E-state index is 0.0438. The molecule has 0 bridgehead atoms. The second-order valence-corrected chi connectivity index (χ2v) is 4.99. The number of hydrogen-bond acceptors (Lipinski definition) is 4. The highest BCUT2D eigenvalue weighted by molar-refractivity contribution is 6.07. The zero-order chi connectivity index (χ0) is 14.7. The smallest absolute Gasteiger partial charge is 0.252 e. The SMILES string of the molecule is CCC(C)N1C(=O)CC(Nc2ccc(OC)cc2)C1=O. The van der Waals surface area contributed by atoms with Crippen molar-refractivity contribution in [2.24, 2.45) is 0 Å². The lowest BCUT2D eigenvalue weighted by Gasteiger charge is -2.21. The molecule has 2 atom stereocenters. The highest BCUT2D eigenvalue weighted by Crippen LogP contribution is 2.22. The van der Waals surface area contributed by atoms with E-state index in [1.807, 2.05) is 38.1 Å². The Kier molecular flexibility index (Phi) is 4.27. The van der Waals surface area contributed by atoms with Crippen LogP contribution in [0, 0.1) is 0 Å². The summed E-state index contributed by atoms with van der Waals surface area (Å²) in [6.07, 6.45) is 0.988. The van der Waals surface area contributed by atoms with Crippen molar-refractivity contribution in [2.45, 2.75) is 38.8 Å². The number of ether oxygens (including phenoxy) is 1. The van der Waals surface area contributed by atoms with Gasteiger partial charge in [0.05, 0.1) is 13.5 Å². The predicted molar refractivity (Wildman–Crippen MR) is 76.6 cm³/mol. The highest BCUT2D eigenvalue weighted by Gasteiger charge is 2.40. The topological polar surface area (TPSA) is 58.6 Å². The van der Waals surface area contributed by atoms with Gasteiger partial charge in [-0.1, -0.05) is 6.92 Å². The van der Waals surface area contributed by atoms with E-state index in [1.165, 1.54) is 4.90 Å². The molecule has 0 spiro atoms. The van der Waals surface area contributed by atoms with E-state index >= 15 is 0 Å². The Labute approximate surface area is 118 Å². The summed E-state index contributed by atoms with van der Waals surface area (Å²) in [5.41, 5.74) is 0.808. The third-order valence-electron chi connectivity index (χ3n) is 3.65. The number of carbonyl (C=O) groups excluding carboxylic acids is 2. The molecule has 1 N–H and O–H groups in total. The van der Waals surface area contributed by atoms with Gasteiger partial charge < -0.3 is 10.1 Å². The van der Waals surface area contributed by atoms with Gasteiger partial charge in [0.25, 0.3) is 5.91 Å². The fourth-order valence-electron chi connectivity index (χ4n) is 2.30. The number of methoxy groups -OCH3 is 1. The Morgan fingerprint density at radius 1 is 1.35 bits per heavy atom. The first kappa shape index (κ1) is 14.4.